The topological polar surface area (TPSA) is 101 Å². The highest BCUT2D eigenvalue weighted by atomic mass is 32.1. The second-order valence-electron chi connectivity index (χ2n) is 4.74. The summed E-state index contributed by atoms with van der Waals surface area (Å²) in [4.78, 5) is 26.2. The molecule has 0 radical (unpaired) electrons. The maximum Gasteiger partial charge on any atom is 0.263 e. The summed E-state index contributed by atoms with van der Waals surface area (Å²) in [5.74, 6) is -0.854. The fraction of sp³-hybridized carbons (Fsp3) is 0.571. The number of amides is 2. The Hall–Kier alpha value is -1.76. The molecule has 0 fully saturated rings. The van der Waals surface area contributed by atoms with Crippen molar-refractivity contribution in [3.63, 3.8) is 0 Å². The Balaban J connectivity index is 3.32. The van der Waals surface area contributed by atoms with Crippen molar-refractivity contribution in [2.24, 2.45) is 5.73 Å². The smallest absolute Gasteiger partial charge is 0.263 e. The lowest BCUT2D eigenvalue weighted by Crippen LogP contribution is -2.27. The van der Waals surface area contributed by atoms with Crippen LogP contribution in [0, 0.1) is 0 Å². The molecule has 1 aromatic rings. The quantitative estimate of drug-likeness (QED) is 0.681. The minimum absolute atomic E-state index is 0.186. The Morgan fingerprint density at radius 3 is 2.19 bits per heavy atom. The molecule has 0 saturated heterocycles. The number of anilines is 2. The highest BCUT2D eigenvalue weighted by molar-refractivity contribution is 7.19. The number of carbonyl (C=O) groups is 2. The summed E-state index contributed by atoms with van der Waals surface area (Å²) in [6.45, 7) is 8.05. The number of nitrogens with one attached hydrogen (secondary N) is 1. The predicted octanol–water partition coefficient (Wildman–Crippen LogP) is 1.81. The van der Waals surface area contributed by atoms with Crippen molar-refractivity contribution in [2.75, 3.05) is 30.3 Å². The average molecular weight is 312 g/mol. The van der Waals surface area contributed by atoms with Crippen LogP contribution in [-0.4, -0.2) is 31.4 Å². The number of nitrogens with zero attached hydrogens (tertiary/aromatic N) is 1. The zero-order valence-electron chi connectivity index (χ0n) is 12.9. The van der Waals surface area contributed by atoms with Crippen LogP contribution in [0.4, 0.5) is 10.7 Å². The number of hydrogen-bond donors (Lipinski definition) is 3. The molecule has 0 aliphatic heterocycles. The van der Waals surface area contributed by atoms with Gasteiger partial charge >= 0.3 is 0 Å². The van der Waals surface area contributed by atoms with Gasteiger partial charge in [0, 0.05) is 19.6 Å². The van der Waals surface area contributed by atoms with Gasteiger partial charge in [0.15, 0.2) is 0 Å². The molecular formula is C14H24N4O2S. The molecule has 0 aliphatic carbocycles. The molecule has 0 spiro atoms. The molecule has 21 heavy (non-hydrogen) atoms. The third kappa shape index (κ3) is 3.87. The minimum Gasteiger partial charge on any atom is -0.397 e. The number of thiophene rings is 1. The van der Waals surface area contributed by atoms with Gasteiger partial charge in [-0.2, -0.15) is 0 Å². The summed E-state index contributed by atoms with van der Waals surface area (Å²) in [5, 5.41) is 3.40. The molecule has 1 heterocycles. The highest BCUT2D eigenvalue weighted by Crippen LogP contribution is 2.38. The van der Waals surface area contributed by atoms with E-state index in [0.29, 0.717) is 16.4 Å². The summed E-state index contributed by atoms with van der Waals surface area (Å²) in [6, 6.07) is 0. The first-order valence-corrected chi connectivity index (χ1v) is 8.04. The number of nitrogens with two attached hydrogens (primary N) is 2. The van der Waals surface area contributed by atoms with E-state index >= 15 is 0 Å². The summed E-state index contributed by atoms with van der Waals surface area (Å²) < 4.78 is 0. The second kappa shape index (κ2) is 7.87. The number of primary amides is 1. The van der Waals surface area contributed by atoms with Crippen LogP contribution in [0.3, 0.4) is 0 Å². The number of carbonyl (C=O) groups excluding carboxylic acids is 2. The summed E-state index contributed by atoms with van der Waals surface area (Å²) >= 11 is 1.24. The largest absolute Gasteiger partial charge is 0.397 e. The van der Waals surface area contributed by atoms with Crippen LogP contribution in [0.5, 0.6) is 0 Å². The molecular weight excluding hydrogens is 288 g/mol. The lowest BCUT2D eigenvalue weighted by atomic mass is 10.2. The fourth-order valence-electron chi connectivity index (χ4n) is 2.16. The van der Waals surface area contributed by atoms with E-state index in [0.717, 1.165) is 25.9 Å². The maximum atomic E-state index is 12.0. The van der Waals surface area contributed by atoms with Gasteiger partial charge in [-0.05, 0) is 19.8 Å². The molecule has 0 unspecified atom stereocenters. The Bertz CT molecular complexity index is 507. The molecule has 5 N–H and O–H groups in total. The molecule has 6 nitrogen and oxygen atoms in total. The second-order valence-corrected chi connectivity index (χ2v) is 5.73. The molecule has 0 aliphatic rings. The monoisotopic (exact) mass is 312 g/mol. The van der Waals surface area contributed by atoms with Crippen LogP contribution < -0.4 is 21.7 Å². The van der Waals surface area contributed by atoms with Gasteiger partial charge in [0.1, 0.15) is 9.88 Å². The number of nitrogen functional groups attached to an aromatic ring is 1. The zero-order valence-corrected chi connectivity index (χ0v) is 13.7. The third-order valence-corrected chi connectivity index (χ3v) is 4.26. The van der Waals surface area contributed by atoms with E-state index in [9.17, 15) is 9.59 Å². The maximum absolute atomic E-state index is 12.0. The Labute approximate surface area is 129 Å². The standard InChI is InChI=1S/C14H24N4O2S/c1-4-7-18(8-5-2)14-9(12(16)19)10(15)11(21-14)13(20)17-6-3/h4-8,15H2,1-3H3,(H2,16,19)(H,17,20). The Morgan fingerprint density at radius 2 is 1.76 bits per heavy atom. The molecule has 2 amide bonds. The van der Waals surface area contributed by atoms with Crippen molar-refractivity contribution in [3.05, 3.63) is 10.4 Å². The van der Waals surface area contributed by atoms with Crippen molar-refractivity contribution >= 4 is 33.8 Å². The van der Waals surface area contributed by atoms with E-state index < -0.39 is 5.91 Å². The minimum atomic E-state index is -0.591. The van der Waals surface area contributed by atoms with Crippen LogP contribution >= 0.6 is 11.3 Å². The van der Waals surface area contributed by atoms with Gasteiger partial charge in [-0.3, -0.25) is 9.59 Å². The van der Waals surface area contributed by atoms with E-state index in [1.54, 1.807) is 0 Å². The van der Waals surface area contributed by atoms with Gasteiger partial charge in [-0.25, -0.2) is 0 Å². The molecule has 1 aromatic heterocycles. The Kier molecular flexibility index (Phi) is 6.48. The van der Waals surface area contributed by atoms with E-state index in [1.807, 2.05) is 6.92 Å². The van der Waals surface area contributed by atoms with E-state index in [1.165, 1.54) is 11.3 Å². The van der Waals surface area contributed by atoms with Crippen molar-refractivity contribution < 1.29 is 9.59 Å². The lowest BCUT2D eigenvalue weighted by Gasteiger charge is -2.22. The molecule has 0 aromatic carbocycles. The number of rotatable bonds is 8. The third-order valence-electron chi connectivity index (χ3n) is 2.99. The first-order valence-electron chi connectivity index (χ1n) is 7.22. The Morgan fingerprint density at radius 1 is 1.19 bits per heavy atom. The molecule has 118 valence electrons. The predicted molar refractivity (Wildman–Crippen MR) is 88.1 cm³/mol. The van der Waals surface area contributed by atoms with Crippen LogP contribution in [0.2, 0.25) is 0 Å². The van der Waals surface area contributed by atoms with Crippen LogP contribution in [0.25, 0.3) is 0 Å². The van der Waals surface area contributed by atoms with Gasteiger partial charge in [-0.1, -0.05) is 13.8 Å². The van der Waals surface area contributed by atoms with E-state index in [2.05, 4.69) is 24.1 Å². The van der Waals surface area contributed by atoms with E-state index in [4.69, 9.17) is 11.5 Å². The van der Waals surface area contributed by atoms with Gasteiger partial charge in [-0.15, -0.1) is 11.3 Å². The average Bonchev–Trinajstić information content (AvgIpc) is 2.76. The summed E-state index contributed by atoms with van der Waals surface area (Å²) in [5.41, 5.74) is 11.9. The molecule has 7 heteroatoms. The van der Waals surface area contributed by atoms with Crippen LogP contribution in [0.15, 0.2) is 0 Å². The molecule has 0 atom stereocenters. The van der Waals surface area contributed by atoms with Crippen molar-refractivity contribution in [1.82, 2.24) is 5.32 Å². The molecule has 1 rings (SSSR count). The van der Waals surface area contributed by atoms with Gasteiger partial charge in [0.05, 0.1) is 11.3 Å². The van der Waals surface area contributed by atoms with Gasteiger partial charge in [0.25, 0.3) is 11.8 Å². The van der Waals surface area contributed by atoms with Crippen LogP contribution in [0.1, 0.15) is 53.6 Å². The first kappa shape index (κ1) is 17.3. The van der Waals surface area contributed by atoms with Gasteiger partial charge < -0.3 is 21.7 Å². The summed E-state index contributed by atoms with van der Waals surface area (Å²) in [7, 11) is 0. The fourth-order valence-corrected chi connectivity index (χ4v) is 3.35. The SMILES string of the molecule is CCCN(CCC)c1sc(C(=O)NCC)c(N)c1C(N)=O. The lowest BCUT2D eigenvalue weighted by molar-refractivity contribution is 0.0960. The van der Waals surface area contributed by atoms with Crippen LogP contribution in [-0.2, 0) is 0 Å². The first-order chi connectivity index (χ1) is 9.97. The molecule has 0 saturated carbocycles. The normalized spacial score (nSPS) is 10.4. The highest BCUT2D eigenvalue weighted by Gasteiger charge is 2.26. The van der Waals surface area contributed by atoms with E-state index in [-0.39, 0.29) is 17.2 Å². The van der Waals surface area contributed by atoms with Crippen molar-refractivity contribution in [2.45, 2.75) is 33.6 Å². The van der Waals surface area contributed by atoms with Gasteiger partial charge in [0.2, 0.25) is 0 Å². The zero-order chi connectivity index (χ0) is 16.0. The van der Waals surface area contributed by atoms with Crippen molar-refractivity contribution in [1.29, 1.82) is 0 Å². The molecule has 0 bridgehead atoms. The number of hydrogen-bond acceptors (Lipinski definition) is 5. The summed E-state index contributed by atoms with van der Waals surface area (Å²) in [6.07, 6.45) is 1.87. The van der Waals surface area contributed by atoms with Crippen molar-refractivity contribution in [3.8, 4) is 0 Å².